The number of nitrogens with one attached hydrogen (secondary N) is 1. The molecule has 154 valence electrons. The highest BCUT2D eigenvalue weighted by atomic mass is 35.5. The number of fused-ring (bicyclic) bond motifs is 1. The molecule has 0 saturated heterocycles. The van der Waals surface area contributed by atoms with E-state index in [1.165, 1.54) is 15.9 Å². The van der Waals surface area contributed by atoms with Gasteiger partial charge in [-0.3, -0.25) is 9.67 Å². The van der Waals surface area contributed by atoms with E-state index in [1.54, 1.807) is 54.2 Å². The van der Waals surface area contributed by atoms with Crippen molar-refractivity contribution in [2.24, 2.45) is 7.05 Å². The first-order valence-corrected chi connectivity index (χ1v) is 10.4. The molecule has 0 aliphatic carbocycles. The summed E-state index contributed by atoms with van der Waals surface area (Å²) in [6, 6.07) is 9.14. The van der Waals surface area contributed by atoms with Gasteiger partial charge in [0.15, 0.2) is 0 Å². The van der Waals surface area contributed by atoms with E-state index in [0.717, 1.165) is 10.4 Å². The average Bonchev–Trinajstić information content (AvgIpc) is 3.48. The summed E-state index contributed by atoms with van der Waals surface area (Å²) in [5, 5.41) is 18.4. The van der Waals surface area contributed by atoms with Gasteiger partial charge in [-0.25, -0.2) is 14.3 Å². The van der Waals surface area contributed by atoms with Crippen molar-refractivity contribution in [1.29, 1.82) is 0 Å². The van der Waals surface area contributed by atoms with Crippen LogP contribution in [-0.2, 0) is 7.05 Å². The third-order valence-electron chi connectivity index (χ3n) is 4.83. The molecule has 5 aromatic rings. The van der Waals surface area contributed by atoms with E-state index in [9.17, 15) is 9.90 Å². The second-order valence-corrected chi connectivity index (χ2v) is 8.16. The number of aryl methyl sites for hydroxylation is 1. The van der Waals surface area contributed by atoms with Gasteiger partial charge in [0.1, 0.15) is 5.82 Å². The van der Waals surface area contributed by atoms with Gasteiger partial charge in [-0.15, -0.1) is 11.3 Å². The molecule has 0 fully saturated rings. The highest BCUT2D eigenvalue weighted by molar-refractivity contribution is 7.13. The van der Waals surface area contributed by atoms with E-state index in [1.807, 2.05) is 18.2 Å². The van der Waals surface area contributed by atoms with Gasteiger partial charge in [-0.05, 0) is 23.8 Å². The highest BCUT2D eigenvalue weighted by Crippen LogP contribution is 2.33. The largest absolute Gasteiger partial charge is 0.464 e. The van der Waals surface area contributed by atoms with Crippen molar-refractivity contribution in [2.45, 2.75) is 0 Å². The van der Waals surface area contributed by atoms with Gasteiger partial charge in [-0.2, -0.15) is 5.10 Å². The molecule has 4 aromatic heterocycles. The van der Waals surface area contributed by atoms with E-state index in [2.05, 4.69) is 20.4 Å². The van der Waals surface area contributed by atoms with Crippen LogP contribution in [0.1, 0.15) is 0 Å². The molecule has 10 heteroatoms. The minimum Gasteiger partial charge on any atom is -0.464 e. The van der Waals surface area contributed by atoms with Crippen LogP contribution in [0, 0.1) is 0 Å². The molecular weight excluding hydrogens is 436 g/mol. The fraction of sp³-hybridized carbons (Fsp3) is 0.0476. The predicted octanol–water partition coefficient (Wildman–Crippen LogP) is 5.48. The maximum atomic E-state index is 12.0. The fourth-order valence-corrected chi connectivity index (χ4v) is 4.26. The van der Waals surface area contributed by atoms with E-state index in [-0.39, 0.29) is 0 Å². The normalized spacial score (nSPS) is 11.2. The Balaban J connectivity index is 1.53. The van der Waals surface area contributed by atoms with Crippen LogP contribution in [0.3, 0.4) is 0 Å². The number of pyridine rings is 1. The molecule has 0 aliphatic rings. The molecule has 0 unspecified atom stereocenters. The van der Waals surface area contributed by atoms with E-state index in [0.29, 0.717) is 38.7 Å². The SMILES string of the molecule is Cn1cc(-c2cc3cnc(Nc4ccc(-c5cncs5)cc4Cl)cc3n2C(=O)O)cn1. The van der Waals surface area contributed by atoms with Gasteiger partial charge in [-0.1, -0.05) is 17.7 Å². The van der Waals surface area contributed by atoms with Crippen LogP contribution in [0.4, 0.5) is 16.3 Å². The number of thiazole rings is 1. The standard InChI is InChI=1S/C21H15ClN6O2S/c1-27-10-14(8-25-27)17-5-13-7-24-20(6-18(13)28(17)21(29)30)26-16-3-2-12(4-15(16)22)19-9-23-11-31-19/h2-11H,1H3,(H,24,26)(H,29,30). The van der Waals surface area contributed by atoms with Crippen molar-refractivity contribution < 1.29 is 9.90 Å². The van der Waals surface area contributed by atoms with Gasteiger partial charge >= 0.3 is 6.09 Å². The second-order valence-electron chi connectivity index (χ2n) is 6.86. The minimum absolute atomic E-state index is 0.485. The quantitative estimate of drug-likeness (QED) is 0.376. The van der Waals surface area contributed by atoms with Gasteiger partial charge in [0, 0.05) is 42.7 Å². The van der Waals surface area contributed by atoms with E-state index < -0.39 is 6.09 Å². The van der Waals surface area contributed by atoms with Gasteiger partial charge in [0.25, 0.3) is 0 Å². The summed E-state index contributed by atoms with van der Waals surface area (Å²) in [4.78, 5) is 21.6. The summed E-state index contributed by atoms with van der Waals surface area (Å²) < 4.78 is 2.86. The number of carbonyl (C=O) groups is 1. The molecule has 0 amide bonds. The number of anilines is 2. The molecular formula is C21H15ClN6O2S. The third kappa shape index (κ3) is 3.54. The summed E-state index contributed by atoms with van der Waals surface area (Å²) >= 11 is 8.00. The van der Waals surface area contributed by atoms with Crippen molar-refractivity contribution in [3.05, 3.63) is 65.7 Å². The van der Waals surface area contributed by atoms with Crippen LogP contribution >= 0.6 is 22.9 Å². The molecule has 0 bridgehead atoms. The van der Waals surface area contributed by atoms with Crippen LogP contribution in [-0.4, -0.2) is 35.5 Å². The first-order chi connectivity index (χ1) is 15.0. The molecule has 0 radical (unpaired) electrons. The lowest BCUT2D eigenvalue weighted by atomic mass is 10.2. The molecule has 8 nitrogen and oxygen atoms in total. The zero-order valence-corrected chi connectivity index (χ0v) is 17.7. The fourth-order valence-electron chi connectivity index (χ4n) is 3.41. The third-order valence-corrected chi connectivity index (χ3v) is 5.96. The zero-order valence-electron chi connectivity index (χ0n) is 16.2. The Morgan fingerprint density at radius 1 is 1.16 bits per heavy atom. The minimum atomic E-state index is -1.09. The van der Waals surface area contributed by atoms with Crippen LogP contribution in [0.2, 0.25) is 5.02 Å². The molecule has 5 rings (SSSR count). The number of benzene rings is 1. The topological polar surface area (TPSA) is 97.9 Å². The summed E-state index contributed by atoms with van der Waals surface area (Å²) in [6.07, 6.45) is 5.74. The molecule has 2 N–H and O–H groups in total. The lowest BCUT2D eigenvalue weighted by Gasteiger charge is -2.10. The van der Waals surface area contributed by atoms with E-state index >= 15 is 0 Å². The Bertz CT molecular complexity index is 1420. The number of nitrogens with zero attached hydrogens (tertiary/aromatic N) is 5. The molecule has 31 heavy (non-hydrogen) atoms. The smallest absolute Gasteiger partial charge is 0.416 e. The Hall–Kier alpha value is -3.69. The molecule has 0 aliphatic heterocycles. The number of hydrogen-bond donors (Lipinski definition) is 2. The van der Waals surface area contributed by atoms with Crippen molar-refractivity contribution >= 4 is 51.4 Å². The zero-order chi connectivity index (χ0) is 21.5. The molecule has 0 saturated carbocycles. The maximum absolute atomic E-state index is 12.0. The Morgan fingerprint density at radius 3 is 2.71 bits per heavy atom. The first-order valence-electron chi connectivity index (χ1n) is 9.19. The number of rotatable bonds is 4. The summed E-state index contributed by atoms with van der Waals surface area (Å²) in [5.74, 6) is 0.485. The summed E-state index contributed by atoms with van der Waals surface area (Å²) in [5.41, 5.74) is 5.16. The van der Waals surface area contributed by atoms with Crippen molar-refractivity contribution in [3.63, 3.8) is 0 Å². The van der Waals surface area contributed by atoms with Crippen molar-refractivity contribution in [3.8, 4) is 21.7 Å². The molecule has 0 atom stereocenters. The van der Waals surface area contributed by atoms with Crippen molar-refractivity contribution in [1.82, 2.24) is 24.3 Å². The van der Waals surface area contributed by atoms with Gasteiger partial charge in [0.05, 0.1) is 38.5 Å². The maximum Gasteiger partial charge on any atom is 0.416 e. The number of halogens is 1. The Labute approximate surface area is 185 Å². The lowest BCUT2D eigenvalue weighted by Crippen LogP contribution is -2.09. The van der Waals surface area contributed by atoms with Crippen LogP contribution in [0.5, 0.6) is 0 Å². The van der Waals surface area contributed by atoms with E-state index in [4.69, 9.17) is 11.6 Å². The molecule has 1 aromatic carbocycles. The number of hydrogen-bond acceptors (Lipinski definition) is 6. The summed E-state index contributed by atoms with van der Waals surface area (Å²) in [7, 11) is 1.78. The van der Waals surface area contributed by atoms with Crippen molar-refractivity contribution in [2.75, 3.05) is 5.32 Å². The van der Waals surface area contributed by atoms with Gasteiger partial charge < -0.3 is 10.4 Å². The molecule has 0 spiro atoms. The predicted molar refractivity (Wildman–Crippen MR) is 121 cm³/mol. The Kier molecular flexibility index (Phi) is 4.68. The average molecular weight is 451 g/mol. The van der Waals surface area contributed by atoms with Gasteiger partial charge in [0.2, 0.25) is 0 Å². The monoisotopic (exact) mass is 450 g/mol. The van der Waals surface area contributed by atoms with Crippen LogP contribution in [0.25, 0.3) is 32.6 Å². The number of carboxylic acid groups (broad SMARTS) is 1. The van der Waals surface area contributed by atoms with Crippen LogP contribution in [0.15, 0.2) is 60.6 Å². The van der Waals surface area contributed by atoms with Crippen LogP contribution < -0.4 is 5.32 Å². The second kappa shape index (κ2) is 7.53. The highest BCUT2D eigenvalue weighted by Gasteiger charge is 2.18. The molecule has 4 heterocycles. The number of aromatic nitrogens is 5. The lowest BCUT2D eigenvalue weighted by molar-refractivity contribution is 0.198. The Morgan fingerprint density at radius 2 is 2.03 bits per heavy atom. The summed E-state index contributed by atoms with van der Waals surface area (Å²) in [6.45, 7) is 0. The first kappa shape index (κ1) is 19.3.